The van der Waals surface area contributed by atoms with Gasteiger partial charge in [0.25, 0.3) is 0 Å². The number of imidazole rings is 1. The summed E-state index contributed by atoms with van der Waals surface area (Å²) in [6, 6.07) is 6.10. The van der Waals surface area contributed by atoms with Crippen molar-refractivity contribution in [2.45, 2.75) is 38.1 Å². The Morgan fingerprint density at radius 2 is 2.15 bits per heavy atom. The average Bonchev–Trinajstić information content (AvgIpc) is 3.43. The number of nitrogens with zero attached hydrogens (tertiary/aromatic N) is 5. The third kappa shape index (κ3) is 4.31. The van der Waals surface area contributed by atoms with Gasteiger partial charge in [-0.15, -0.1) is 0 Å². The molecule has 1 unspecified atom stereocenters. The highest BCUT2D eigenvalue weighted by Crippen LogP contribution is 2.39. The van der Waals surface area contributed by atoms with E-state index in [1.807, 2.05) is 60.2 Å². The number of methoxy groups -OCH3 is 1. The van der Waals surface area contributed by atoms with Crippen LogP contribution in [0.2, 0.25) is 0 Å². The molecule has 0 saturated carbocycles. The highest BCUT2D eigenvalue weighted by atomic mass is 35.5. The van der Waals surface area contributed by atoms with Crippen LogP contribution in [-0.4, -0.2) is 31.4 Å². The second kappa shape index (κ2) is 8.87. The normalized spacial score (nSPS) is 23.5. The van der Waals surface area contributed by atoms with Crippen LogP contribution in [0, 0.1) is 6.92 Å². The molecule has 33 heavy (non-hydrogen) atoms. The standard InChI is InChI=1S/C26H26ClN5O/c1-19-17-31(18-28-19)22-10-8-20(16-23(22)33-2)9-11-24-29-25-26(14-5-15-32(25)30-24)12-3-6-21(27)7-4-13-26/h3-4,6-12,16-18H,5,13-15H2,1-2H3/b7-4-,11-9+,12-3+,21-6+. The Balaban J connectivity index is 1.43. The number of aryl methyl sites for hydroxylation is 2. The molecule has 0 bridgehead atoms. The van der Waals surface area contributed by atoms with Gasteiger partial charge in [-0.2, -0.15) is 5.10 Å². The Morgan fingerprint density at radius 3 is 2.97 bits per heavy atom. The summed E-state index contributed by atoms with van der Waals surface area (Å²) in [5.74, 6) is 2.51. The van der Waals surface area contributed by atoms with Gasteiger partial charge in [-0.1, -0.05) is 42.0 Å². The first-order valence-electron chi connectivity index (χ1n) is 11.1. The summed E-state index contributed by atoms with van der Waals surface area (Å²) in [5.41, 5.74) is 2.78. The van der Waals surface area contributed by atoms with Gasteiger partial charge in [0.05, 0.1) is 30.2 Å². The van der Waals surface area contributed by atoms with Crippen molar-refractivity contribution in [2.75, 3.05) is 7.11 Å². The number of halogens is 1. The molecule has 3 aromatic rings. The van der Waals surface area contributed by atoms with Gasteiger partial charge in [-0.25, -0.2) is 14.6 Å². The lowest BCUT2D eigenvalue weighted by atomic mass is 9.76. The Kier molecular flexibility index (Phi) is 5.77. The Morgan fingerprint density at radius 1 is 1.24 bits per heavy atom. The zero-order valence-corrected chi connectivity index (χ0v) is 19.5. The molecule has 1 atom stereocenters. The van der Waals surface area contributed by atoms with E-state index in [0.29, 0.717) is 5.82 Å². The third-order valence-electron chi connectivity index (χ3n) is 6.17. The average molecular weight is 460 g/mol. The molecule has 0 N–H and O–H groups in total. The SMILES string of the molecule is COc1cc(/C=C/c2nc3n(n2)CCCC32/C=C/C=C(Cl)\C=C/C2)ccc1-n1cnc(C)c1. The van der Waals surface area contributed by atoms with E-state index in [-0.39, 0.29) is 5.41 Å². The number of fused-ring (bicyclic) bond motifs is 2. The first kappa shape index (κ1) is 21.5. The fraction of sp³-hybridized carbons (Fsp3) is 0.269. The molecular formula is C26H26ClN5O. The van der Waals surface area contributed by atoms with Crippen molar-refractivity contribution in [3.8, 4) is 11.4 Å². The fourth-order valence-corrected chi connectivity index (χ4v) is 4.69. The minimum absolute atomic E-state index is 0.143. The summed E-state index contributed by atoms with van der Waals surface area (Å²) in [6.45, 7) is 2.86. The van der Waals surface area contributed by atoms with Crippen LogP contribution in [0.1, 0.15) is 42.2 Å². The molecular weight excluding hydrogens is 434 g/mol. The molecule has 2 aliphatic rings. The molecule has 2 aromatic heterocycles. The zero-order valence-electron chi connectivity index (χ0n) is 18.8. The highest BCUT2D eigenvalue weighted by Gasteiger charge is 2.36. The molecule has 0 fully saturated rings. The topological polar surface area (TPSA) is 57.8 Å². The molecule has 168 valence electrons. The van der Waals surface area contributed by atoms with Gasteiger partial charge >= 0.3 is 0 Å². The number of aromatic nitrogens is 5. The van der Waals surface area contributed by atoms with Gasteiger partial charge in [0.2, 0.25) is 0 Å². The lowest BCUT2D eigenvalue weighted by Gasteiger charge is -2.33. The number of ether oxygens (including phenoxy) is 1. The zero-order chi connectivity index (χ0) is 22.8. The van der Waals surface area contributed by atoms with E-state index in [1.54, 1.807) is 13.4 Å². The van der Waals surface area contributed by atoms with Gasteiger partial charge in [-0.3, -0.25) is 0 Å². The maximum absolute atomic E-state index is 6.16. The van der Waals surface area contributed by atoms with E-state index in [9.17, 15) is 0 Å². The van der Waals surface area contributed by atoms with Crippen molar-refractivity contribution in [1.29, 1.82) is 0 Å². The van der Waals surface area contributed by atoms with Crippen LogP contribution in [0.3, 0.4) is 0 Å². The minimum atomic E-state index is -0.143. The van der Waals surface area contributed by atoms with Crippen molar-refractivity contribution in [1.82, 2.24) is 24.3 Å². The Bertz CT molecular complexity index is 1300. The van der Waals surface area contributed by atoms with Crippen molar-refractivity contribution >= 4 is 23.8 Å². The molecule has 5 rings (SSSR count). The van der Waals surface area contributed by atoms with Crippen molar-refractivity contribution in [3.63, 3.8) is 0 Å². The van der Waals surface area contributed by atoms with E-state index in [2.05, 4.69) is 27.9 Å². The summed E-state index contributed by atoms with van der Waals surface area (Å²) in [7, 11) is 1.68. The number of hydrogen-bond donors (Lipinski definition) is 0. The lowest BCUT2D eigenvalue weighted by molar-refractivity contribution is 0.346. The monoisotopic (exact) mass is 459 g/mol. The van der Waals surface area contributed by atoms with Crippen LogP contribution < -0.4 is 4.74 Å². The number of benzene rings is 1. The second-order valence-corrected chi connectivity index (χ2v) is 8.92. The van der Waals surface area contributed by atoms with E-state index in [1.165, 1.54) is 0 Å². The molecule has 1 aliphatic carbocycles. The molecule has 7 heteroatoms. The first-order chi connectivity index (χ1) is 16.1. The number of rotatable bonds is 4. The van der Waals surface area contributed by atoms with Crippen LogP contribution >= 0.6 is 11.6 Å². The van der Waals surface area contributed by atoms with Gasteiger partial charge in [0, 0.05) is 17.8 Å². The minimum Gasteiger partial charge on any atom is -0.495 e. The summed E-state index contributed by atoms with van der Waals surface area (Å²) in [5, 5.41) is 5.51. The molecule has 0 saturated heterocycles. The summed E-state index contributed by atoms with van der Waals surface area (Å²) in [6.07, 6.45) is 21.0. The number of allylic oxidation sites excluding steroid dienone is 6. The first-order valence-corrected chi connectivity index (χ1v) is 11.5. The predicted molar refractivity (Wildman–Crippen MR) is 132 cm³/mol. The quantitative estimate of drug-likeness (QED) is 0.508. The lowest BCUT2D eigenvalue weighted by Crippen LogP contribution is -2.32. The second-order valence-electron chi connectivity index (χ2n) is 8.48. The molecule has 0 radical (unpaired) electrons. The Labute approximate surface area is 198 Å². The van der Waals surface area contributed by atoms with Gasteiger partial charge in [0.1, 0.15) is 11.6 Å². The van der Waals surface area contributed by atoms with E-state index in [4.69, 9.17) is 26.4 Å². The van der Waals surface area contributed by atoms with Crippen LogP contribution in [0.15, 0.2) is 66.1 Å². The maximum Gasteiger partial charge on any atom is 0.174 e. The molecule has 3 heterocycles. The van der Waals surface area contributed by atoms with Crippen LogP contribution in [-0.2, 0) is 12.0 Å². The number of hydrogen-bond acceptors (Lipinski definition) is 4. The van der Waals surface area contributed by atoms with Crippen molar-refractivity contribution in [2.24, 2.45) is 0 Å². The smallest absolute Gasteiger partial charge is 0.174 e. The fourth-order valence-electron chi connectivity index (χ4n) is 4.53. The molecule has 6 nitrogen and oxygen atoms in total. The molecule has 0 amide bonds. The molecule has 1 aliphatic heterocycles. The summed E-state index contributed by atoms with van der Waals surface area (Å²) < 4.78 is 9.65. The predicted octanol–water partition coefficient (Wildman–Crippen LogP) is 5.62. The van der Waals surface area contributed by atoms with Crippen LogP contribution in [0.4, 0.5) is 0 Å². The van der Waals surface area contributed by atoms with Crippen molar-refractivity contribution < 1.29 is 4.74 Å². The molecule has 1 aromatic carbocycles. The van der Waals surface area contributed by atoms with E-state index in [0.717, 1.165) is 59.4 Å². The van der Waals surface area contributed by atoms with Gasteiger partial charge < -0.3 is 9.30 Å². The van der Waals surface area contributed by atoms with Crippen LogP contribution in [0.5, 0.6) is 5.75 Å². The maximum atomic E-state index is 6.16. The summed E-state index contributed by atoms with van der Waals surface area (Å²) in [4.78, 5) is 9.23. The largest absolute Gasteiger partial charge is 0.495 e. The third-order valence-corrected chi connectivity index (χ3v) is 6.43. The van der Waals surface area contributed by atoms with Gasteiger partial charge in [0.15, 0.2) is 5.82 Å². The van der Waals surface area contributed by atoms with Gasteiger partial charge in [-0.05, 0) is 62.1 Å². The van der Waals surface area contributed by atoms with Crippen molar-refractivity contribution in [3.05, 3.63) is 89.0 Å². The van der Waals surface area contributed by atoms with Crippen LogP contribution in [0.25, 0.3) is 17.8 Å². The van der Waals surface area contributed by atoms with E-state index < -0.39 is 0 Å². The molecule has 1 spiro atoms. The summed E-state index contributed by atoms with van der Waals surface area (Å²) >= 11 is 6.16. The highest BCUT2D eigenvalue weighted by molar-refractivity contribution is 6.31. The van der Waals surface area contributed by atoms with E-state index >= 15 is 0 Å². The Hall–Kier alpha value is -3.38.